The first-order valence-corrected chi connectivity index (χ1v) is 12.3. The molecule has 0 spiro atoms. The van der Waals surface area contributed by atoms with E-state index in [-0.39, 0.29) is 34.7 Å². The van der Waals surface area contributed by atoms with E-state index in [0.29, 0.717) is 24.9 Å². The van der Waals surface area contributed by atoms with E-state index in [1.807, 2.05) is 13.8 Å². The topological polar surface area (TPSA) is 126 Å². The molecule has 1 heterocycles. The maximum Gasteiger partial charge on any atom is 0.267 e. The smallest absolute Gasteiger partial charge is 0.267 e. The SMILES string of the molecule is CCNC(=S)NS(=O)(=O)c1cc(C(CC2(CC)C(=O)NC=C2C)NC=O)ccc1OCC. The highest BCUT2D eigenvalue weighted by Gasteiger charge is 2.43. The Morgan fingerprint density at radius 3 is 2.56 bits per heavy atom. The number of ether oxygens (including phenoxy) is 1. The number of benzene rings is 1. The zero-order chi connectivity index (χ0) is 23.9. The lowest BCUT2D eigenvalue weighted by atomic mass is 9.73. The van der Waals surface area contributed by atoms with Crippen molar-refractivity contribution in [3.05, 3.63) is 35.5 Å². The van der Waals surface area contributed by atoms with E-state index in [1.54, 1.807) is 32.2 Å². The highest BCUT2D eigenvalue weighted by atomic mass is 32.2. The highest BCUT2D eigenvalue weighted by molar-refractivity contribution is 7.92. The van der Waals surface area contributed by atoms with Crippen molar-refractivity contribution >= 4 is 39.7 Å². The lowest BCUT2D eigenvalue weighted by molar-refractivity contribution is -0.128. The van der Waals surface area contributed by atoms with E-state index in [9.17, 15) is 18.0 Å². The van der Waals surface area contributed by atoms with Gasteiger partial charge in [-0.25, -0.2) is 8.42 Å². The van der Waals surface area contributed by atoms with E-state index >= 15 is 0 Å². The second kappa shape index (κ2) is 10.8. The molecule has 11 heteroatoms. The summed E-state index contributed by atoms with van der Waals surface area (Å²) in [6, 6.07) is 4.06. The summed E-state index contributed by atoms with van der Waals surface area (Å²) in [7, 11) is -4.06. The predicted octanol–water partition coefficient (Wildman–Crippen LogP) is 1.87. The van der Waals surface area contributed by atoms with Gasteiger partial charge in [-0.3, -0.25) is 14.3 Å². The third-order valence-electron chi connectivity index (χ3n) is 5.56. The molecule has 176 valence electrons. The molecular formula is C21H30N4O5S2. The molecule has 0 saturated carbocycles. The zero-order valence-corrected chi connectivity index (χ0v) is 20.3. The number of carbonyl (C=O) groups is 2. The largest absolute Gasteiger partial charge is 0.492 e. The number of nitrogens with one attached hydrogen (secondary N) is 4. The van der Waals surface area contributed by atoms with E-state index in [2.05, 4.69) is 20.7 Å². The van der Waals surface area contributed by atoms with Crippen LogP contribution < -0.4 is 25.4 Å². The normalized spacial score (nSPS) is 18.9. The standard InChI is InChI=1S/C21H30N4O5S2/c1-5-21(14(4)12-23-19(21)27)11-16(24-13-26)15-8-9-17(30-7-3)18(10-15)32(28,29)25-20(31)22-6-2/h8-10,12-13,16H,5-7,11H2,1-4H3,(H,23,27)(H,24,26)(H2,22,25,31). The van der Waals surface area contributed by atoms with Crippen molar-refractivity contribution in [2.24, 2.45) is 5.41 Å². The van der Waals surface area contributed by atoms with Gasteiger partial charge in [0.2, 0.25) is 12.3 Å². The highest BCUT2D eigenvalue weighted by Crippen LogP contribution is 2.43. The van der Waals surface area contributed by atoms with Gasteiger partial charge in [0.25, 0.3) is 10.0 Å². The maximum absolute atomic E-state index is 13.0. The van der Waals surface area contributed by atoms with Crippen LogP contribution in [0.3, 0.4) is 0 Å². The molecule has 32 heavy (non-hydrogen) atoms. The van der Waals surface area contributed by atoms with Crippen LogP contribution in [0, 0.1) is 5.41 Å². The Labute approximate surface area is 194 Å². The van der Waals surface area contributed by atoms with Crippen LogP contribution in [0.25, 0.3) is 0 Å². The third-order valence-corrected chi connectivity index (χ3v) is 7.31. The summed E-state index contributed by atoms with van der Waals surface area (Å²) in [4.78, 5) is 23.9. The molecule has 1 aromatic carbocycles. The first kappa shape index (κ1) is 25.6. The number of carbonyl (C=O) groups excluding carboxylic acids is 2. The fourth-order valence-corrected chi connectivity index (χ4v) is 5.35. The van der Waals surface area contributed by atoms with Gasteiger partial charge in [0, 0.05) is 12.7 Å². The summed E-state index contributed by atoms with van der Waals surface area (Å²) in [5.41, 5.74) is 0.582. The molecule has 1 aliphatic heterocycles. The lowest BCUT2D eigenvalue weighted by Gasteiger charge is -2.31. The minimum atomic E-state index is -4.06. The molecular weight excluding hydrogens is 452 g/mol. The van der Waals surface area contributed by atoms with E-state index in [1.165, 1.54) is 6.07 Å². The molecule has 9 nitrogen and oxygen atoms in total. The average molecular weight is 483 g/mol. The number of hydrogen-bond donors (Lipinski definition) is 4. The number of amides is 2. The van der Waals surface area contributed by atoms with E-state index < -0.39 is 21.5 Å². The predicted molar refractivity (Wildman–Crippen MR) is 125 cm³/mol. The molecule has 0 aromatic heterocycles. The molecule has 0 radical (unpaired) electrons. The molecule has 4 N–H and O–H groups in total. The fraction of sp³-hybridized carbons (Fsp3) is 0.476. The number of hydrogen-bond acceptors (Lipinski definition) is 6. The molecule has 1 aromatic rings. The van der Waals surface area contributed by atoms with E-state index in [4.69, 9.17) is 17.0 Å². The van der Waals surface area contributed by atoms with Gasteiger partial charge in [0.15, 0.2) is 5.11 Å². The van der Waals surface area contributed by atoms with Crippen molar-refractivity contribution in [3.8, 4) is 5.75 Å². The first-order chi connectivity index (χ1) is 15.1. The van der Waals surface area contributed by atoms with Crippen LogP contribution in [-0.2, 0) is 19.6 Å². The second-order valence-electron chi connectivity index (χ2n) is 7.38. The Hall–Kier alpha value is -2.66. The molecule has 1 aliphatic rings. The Bertz CT molecular complexity index is 1010. The Kier molecular flexibility index (Phi) is 8.62. The van der Waals surface area contributed by atoms with Crippen molar-refractivity contribution in [3.63, 3.8) is 0 Å². The summed E-state index contributed by atoms with van der Waals surface area (Å²) in [6.45, 7) is 8.02. The van der Waals surface area contributed by atoms with Gasteiger partial charge in [-0.15, -0.1) is 0 Å². The van der Waals surface area contributed by atoms with Gasteiger partial charge >= 0.3 is 0 Å². The minimum Gasteiger partial charge on any atom is -0.492 e. The first-order valence-electron chi connectivity index (χ1n) is 10.4. The fourth-order valence-electron chi connectivity index (χ4n) is 3.77. The van der Waals surface area contributed by atoms with Crippen molar-refractivity contribution in [2.75, 3.05) is 13.2 Å². The van der Waals surface area contributed by atoms with Gasteiger partial charge < -0.3 is 20.7 Å². The number of sulfonamides is 1. The summed E-state index contributed by atoms with van der Waals surface area (Å²) in [6.07, 6.45) is 3.01. The Balaban J connectivity index is 2.51. The molecule has 2 atom stereocenters. The number of thiocarbonyl (C=S) groups is 1. The maximum atomic E-state index is 13.0. The van der Waals surface area contributed by atoms with Crippen LogP contribution in [0.1, 0.15) is 52.1 Å². The van der Waals surface area contributed by atoms with Crippen LogP contribution in [0.4, 0.5) is 0 Å². The van der Waals surface area contributed by atoms with Crippen molar-refractivity contribution < 1.29 is 22.7 Å². The van der Waals surface area contributed by atoms with Crippen LogP contribution >= 0.6 is 12.2 Å². The third kappa shape index (κ3) is 5.39. The van der Waals surface area contributed by atoms with Crippen molar-refractivity contribution in [2.45, 2.75) is 51.5 Å². The zero-order valence-electron chi connectivity index (χ0n) is 18.7. The molecule has 2 unspecified atom stereocenters. The van der Waals surface area contributed by atoms with Crippen LogP contribution in [0.15, 0.2) is 34.9 Å². The van der Waals surface area contributed by atoms with Gasteiger partial charge in [0.05, 0.1) is 18.1 Å². The monoisotopic (exact) mass is 482 g/mol. The summed E-state index contributed by atoms with van der Waals surface area (Å²) in [5.74, 6) is 0.0134. The summed E-state index contributed by atoms with van der Waals surface area (Å²) in [5, 5.41) is 8.19. The number of rotatable bonds is 11. The second-order valence-corrected chi connectivity index (χ2v) is 9.44. The van der Waals surface area contributed by atoms with Crippen LogP contribution in [-0.4, -0.2) is 39.0 Å². The van der Waals surface area contributed by atoms with Crippen LogP contribution in [0.5, 0.6) is 5.75 Å². The Morgan fingerprint density at radius 2 is 2.03 bits per heavy atom. The minimum absolute atomic E-state index is 0.0313. The average Bonchev–Trinajstić information content (AvgIpc) is 3.02. The van der Waals surface area contributed by atoms with Gasteiger partial charge in [-0.1, -0.05) is 13.0 Å². The Morgan fingerprint density at radius 1 is 1.31 bits per heavy atom. The molecule has 0 fully saturated rings. The molecule has 0 bridgehead atoms. The lowest BCUT2D eigenvalue weighted by Crippen LogP contribution is -2.39. The summed E-state index contributed by atoms with van der Waals surface area (Å²) >= 11 is 5.04. The van der Waals surface area contributed by atoms with Gasteiger partial charge in [-0.05, 0) is 69.1 Å². The van der Waals surface area contributed by atoms with Gasteiger partial charge in [0.1, 0.15) is 10.6 Å². The summed E-state index contributed by atoms with van der Waals surface area (Å²) < 4.78 is 33.9. The van der Waals surface area contributed by atoms with Crippen molar-refractivity contribution in [1.82, 2.24) is 20.7 Å². The van der Waals surface area contributed by atoms with Crippen LogP contribution in [0.2, 0.25) is 0 Å². The molecule has 0 aliphatic carbocycles. The van der Waals surface area contributed by atoms with Crippen molar-refractivity contribution in [1.29, 1.82) is 0 Å². The molecule has 2 rings (SSSR count). The van der Waals surface area contributed by atoms with Gasteiger partial charge in [-0.2, -0.15) is 0 Å². The quantitative estimate of drug-likeness (QED) is 0.280. The molecule has 0 saturated heterocycles. The van der Waals surface area contributed by atoms with E-state index in [0.717, 1.165) is 5.57 Å². The molecule has 2 amide bonds.